The van der Waals surface area contributed by atoms with Crippen LogP contribution in [-0.4, -0.2) is 16.3 Å². The van der Waals surface area contributed by atoms with E-state index in [-0.39, 0.29) is 11.6 Å². The van der Waals surface area contributed by atoms with Crippen molar-refractivity contribution in [1.82, 2.24) is 4.98 Å². The number of hydrogen-bond donors (Lipinski definition) is 2. The van der Waals surface area contributed by atoms with Gasteiger partial charge in [0.1, 0.15) is 0 Å². The summed E-state index contributed by atoms with van der Waals surface area (Å²) in [5, 5.41) is 11.0. The number of halogens is 3. The Balaban J connectivity index is 1.81. The maximum Gasteiger partial charge on any atom is 0.421 e. The fraction of sp³-hybridized carbons (Fsp3) is 0.192. The minimum absolute atomic E-state index is 0.263. The van der Waals surface area contributed by atoms with E-state index in [1.807, 2.05) is 55.5 Å². The van der Waals surface area contributed by atoms with Gasteiger partial charge in [-0.2, -0.15) is 13.2 Å². The molecule has 0 aliphatic heterocycles. The molecule has 7 heteroatoms. The molecule has 3 nitrogen and oxygen atoms in total. The van der Waals surface area contributed by atoms with Crippen molar-refractivity contribution in [2.75, 3.05) is 0 Å². The summed E-state index contributed by atoms with van der Waals surface area (Å²) in [6.07, 6.45) is -3.52. The van der Waals surface area contributed by atoms with E-state index < -0.39 is 11.8 Å². The van der Waals surface area contributed by atoms with Gasteiger partial charge in [0, 0.05) is 21.3 Å². The molecule has 0 radical (unpaired) electrons. The number of alkyl halides is 3. The van der Waals surface area contributed by atoms with Gasteiger partial charge in [-0.3, -0.25) is 4.98 Å². The molecule has 2 heterocycles. The van der Waals surface area contributed by atoms with Crippen molar-refractivity contribution in [2.45, 2.75) is 31.7 Å². The number of rotatable bonds is 5. The molecule has 0 saturated carbocycles. The van der Waals surface area contributed by atoms with Crippen LogP contribution in [0.3, 0.4) is 0 Å². The molecule has 0 unspecified atom stereocenters. The summed E-state index contributed by atoms with van der Waals surface area (Å²) in [4.78, 5) is 5.21. The number of thiophene rings is 1. The summed E-state index contributed by atoms with van der Waals surface area (Å²) in [5.41, 5.74) is 7.30. The van der Waals surface area contributed by atoms with Crippen molar-refractivity contribution < 1.29 is 18.3 Å². The predicted molar refractivity (Wildman–Crippen MR) is 128 cm³/mol. The Hall–Kier alpha value is -3.00. The van der Waals surface area contributed by atoms with Crippen LogP contribution in [0.5, 0.6) is 0 Å². The number of nitrogens with zero attached hydrogens (tertiary/aromatic N) is 1. The number of hydrogen-bond acceptors (Lipinski definition) is 4. The van der Waals surface area contributed by atoms with Crippen LogP contribution in [0, 0.1) is 0 Å². The topological polar surface area (TPSA) is 59.1 Å². The molecular formula is C26H23F3N2OS. The Kier molecular flexibility index (Phi) is 5.90. The zero-order chi connectivity index (χ0) is 24.0. The molecule has 2 aromatic carbocycles. The van der Waals surface area contributed by atoms with Crippen molar-refractivity contribution in [3.05, 3.63) is 95.0 Å². The van der Waals surface area contributed by atoms with Crippen molar-refractivity contribution in [3.8, 4) is 11.3 Å². The standard InChI is InChI=1S/C26H23F3N2OS/c1-15(2)18-8-4-5-9-19(18)23(30)22-13-16-7-6-10-20(24(16)33-22)21-14-17(11-12-31-21)25(3,32)26(27,28)29/h4-14,23,32H,1,30H2,2-3H3/t23-,25+/m1/s1. The van der Waals surface area contributed by atoms with Crippen molar-refractivity contribution in [2.24, 2.45) is 5.73 Å². The van der Waals surface area contributed by atoms with Crippen LogP contribution in [0.1, 0.15) is 41.5 Å². The lowest BCUT2D eigenvalue weighted by Crippen LogP contribution is -2.39. The maximum absolute atomic E-state index is 13.4. The minimum atomic E-state index is -4.81. The number of aliphatic hydroxyl groups is 1. The first-order chi connectivity index (χ1) is 15.5. The molecule has 0 saturated heterocycles. The molecule has 2 atom stereocenters. The first kappa shape index (κ1) is 23.2. The smallest absolute Gasteiger partial charge is 0.376 e. The van der Waals surface area contributed by atoms with Gasteiger partial charge in [-0.1, -0.05) is 54.6 Å². The lowest BCUT2D eigenvalue weighted by Gasteiger charge is -2.26. The van der Waals surface area contributed by atoms with E-state index in [0.29, 0.717) is 11.3 Å². The number of pyridine rings is 1. The lowest BCUT2D eigenvalue weighted by molar-refractivity contribution is -0.258. The third-order valence-corrected chi connectivity index (χ3v) is 7.04. The minimum Gasteiger partial charge on any atom is -0.376 e. The molecule has 3 N–H and O–H groups in total. The summed E-state index contributed by atoms with van der Waals surface area (Å²) < 4.78 is 40.9. The van der Waals surface area contributed by atoms with Crippen LogP contribution in [0.2, 0.25) is 0 Å². The fourth-order valence-electron chi connectivity index (χ4n) is 3.79. The highest BCUT2D eigenvalue weighted by molar-refractivity contribution is 7.19. The molecule has 0 bridgehead atoms. The normalized spacial score (nSPS) is 14.8. The Morgan fingerprint density at radius 1 is 1.09 bits per heavy atom. The van der Waals surface area contributed by atoms with Gasteiger partial charge < -0.3 is 10.8 Å². The SMILES string of the molecule is C=C(C)c1ccccc1[C@@H](N)c1cc2cccc(-c3cc([C@](C)(O)C(F)(F)F)ccn3)c2s1. The second-order valence-electron chi connectivity index (χ2n) is 8.22. The van der Waals surface area contributed by atoms with Crippen LogP contribution < -0.4 is 5.73 Å². The van der Waals surface area contributed by atoms with Crippen molar-refractivity contribution >= 4 is 27.0 Å². The fourth-order valence-corrected chi connectivity index (χ4v) is 5.00. The van der Waals surface area contributed by atoms with E-state index in [9.17, 15) is 18.3 Å². The molecule has 170 valence electrons. The van der Waals surface area contributed by atoms with Gasteiger partial charge in [0.15, 0.2) is 5.60 Å². The lowest BCUT2D eigenvalue weighted by atomic mass is 9.94. The summed E-state index contributed by atoms with van der Waals surface area (Å²) in [5.74, 6) is 0. The summed E-state index contributed by atoms with van der Waals surface area (Å²) >= 11 is 1.48. The first-order valence-corrected chi connectivity index (χ1v) is 11.1. The molecule has 0 amide bonds. The number of nitrogens with two attached hydrogens (primary N) is 1. The Labute approximate surface area is 194 Å². The number of allylic oxidation sites excluding steroid dienone is 1. The van der Waals surface area contributed by atoms with Gasteiger partial charge in [0.2, 0.25) is 0 Å². The molecule has 0 spiro atoms. The average Bonchev–Trinajstić information content (AvgIpc) is 3.22. The quantitative estimate of drug-likeness (QED) is 0.338. The average molecular weight is 469 g/mol. The molecule has 33 heavy (non-hydrogen) atoms. The Morgan fingerprint density at radius 2 is 1.82 bits per heavy atom. The van der Waals surface area contributed by atoms with Crippen LogP contribution in [-0.2, 0) is 5.60 Å². The summed E-state index contributed by atoms with van der Waals surface area (Å²) in [6, 6.07) is 17.5. The number of benzene rings is 2. The second kappa shape index (κ2) is 8.41. The van der Waals surface area contributed by atoms with Gasteiger partial charge in [-0.05, 0) is 54.1 Å². The van der Waals surface area contributed by atoms with E-state index >= 15 is 0 Å². The molecular weight excluding hydrogens is 445 g/mol. The summed E-state index contributed by atoms with van der Waals surface area (Å²) in [6.45, 7) is 6.72. The van der Waals surface area contributed by atoms with Crippen molar-refractivity contribution in [3.63, 3.8) is 0 Å². The molecule has 4 aromatic rings. The monoisotopic (exact) mass is 468 g/mol. The van der Waals surface area contributed by atoms with Gasteiger partial charge in [-0.15, -0.1) is 11.3 Å². The number of aromatic nitrogens is 1. The zero-order valence-corrected chi connectivity index (χ0v) is 19.0. The van der Waals surface area contributed by atoms with Gasteiger partial charge in [0.05, 0.1) is 11.7 Å². The third-order valence-electron chi connectivity index (χ3n) is 5.78. The van der Waals surface area contributed by atoms with E-state index in [1.165, 1.54) is 29.7 Å². The largest absolute Gasteiger partial charge is 0.421 e. The highest BCUT2D eigenvalue weighted by Gasteiger charge is 2.51. The molecule has 4 rings (SSSR count). The zero-order valence-electron chi connectivity index (χ0n) is 18.1. The van der Waals surface area contributed by atoms with Crippen LogP contribution in [0.4, 0.5) is 13.2 Å². The molecule has 0 fully saturated rings. The third kappa shape index (κ3) is 4.19. The Bertz CT molecular complexity index is 1340. The maximum atomic E-state index is 13.4. The van der Waals surface area contributed by atoms with Crippen LogP contribution in [0.15, 0.2) is 73.4 Å². The van der Waals surface area contributed by atoms with Gasteiger partial charge in [0.25, 0.3) is 0 Å². The second-order valence-corrected chi connectivity index (χ2v) is 9.30. The van der Waals surface area contributed by atoms with Crippen molar-refractivity contribution in [1.29, 1.82) is 0 Å². The molecule has 2 aromatic heterocycles. The van der Waals surface area contributed by atoms with E-state index in [1.54, 1.807) is 0 Å². The van der Waals surface area contributed by atoms with E-state index in [0.717, 1.165) is 38.6 Å². The van der Waals surface area contributed by atoms with Gasteiger partial charge >= 0.3 is 6.18 Å². The summed E-state index contributed by atoms with van der Waals surface area (Å²) in [7, 11) is 0. The molecule has 0 aliphatic carbocycles. The Morgan fingerprint density at radius 3 is 2.52 bits per heavy atom. The molecule has 0 aliphatic rings. The van der Waals surface area contributed by atoms with Gasteiger partial charge in [-0.25, -0.2) is 0 Å². The number of fused-ring (bicyclic) bond motifs is 1. The highest BCUT2D eigenvalue weighted by Crippen LogP contribution is 2.42. The van der Waals surface area contributed by atoms with E-state index in [4.69, 9.17) is 5.73 Å². The van der Waals surface area contributed by atoms with Crippen LogP contribution >= 0.6 is 11.3 Å². The van der Waals surface area contributed by atoms with E-state index in [2.05, 4.69) is 11.6 Å². The highest BCUT2D eigenvalue weighted by atomic mass is 32.1. The van der Waals surface area contributed by atoms with Crippen LogP contribution in [0.25, 0.3) is 26.9 Å². The predicted octanol–water partition coefficient (Wildman–Crippen LogP) is 6.81. The first-order valence-electron chi connectivity index (χ1n) is 10.3.